The van der Waals surface area contributed by atoms with E-state index in [0.29, 0.717) is 30.2 Å². The molecule has 7 nitrogen and oxygen atoms in total. The summed E-state index contributed by atoms with van der Waals surface area (Å²) in [6.07, 6.45) is 6.76. The Labute approximate surface area is 184 Å². The highest BCUT2D eigenvalue weighted by Crippen LogP contribution is 2.60. The first-order chi connectivity index (χ1) is 14.8. The molecule has 0 heterocycles. The number of aliphatic imine (C=N–C) groups is 1. The smallest absolute Gasteiger partial charge is 0.223 e. The molecule has 1 aromatic carbocycles. The van der Waals surface area contributed by atoms with Crippen LogP contribution in [0.5, 0.6) is 5.75 Å². The van der Waals surface area contributed by atoms with Gasteiger partial charge in [0.05, 0.1) is 13.7 Å². The average molecular weight is 425 g/mol. The van der Waals surface area contributed by atoms with Crippen molar-refractivity contribution in [1.82, 2.24) is 5.32 Å². The highest BCUT2D eigenvalue weighted by Gasteiger charge is 2.58. The summed E-state index contributed by atoms with van der Waals surface area (Å²) in [5.74, 6) is 2.54. The number of amidine groups is 1. The summed E-state index contributed by atoms with van der Waals surface area (Å²) < 4.78 is 11.4. The van der Waals surface area contributed by atoms with Crippen LogP contribution in [0.2, 0.25) is 0 Å². The highest BCUT2D eigenvalue weighted by molar-refractivity contribution is 5.91. The topological polar surface area (TPSA) is 110 Å². The summed E-state index contributed by atoms with van der Waals surface area (Å²) in [5, 5.41) is 12.9. The Hall–Kier alpha value is -2.59. The summed E-state index contributed by atoms with van der Waals surface area (Å²) >= 11 is 0. The number of hydrogen-bond donors (Lipinski definition) is 2. The molecule has 3 N–H and O–H groups in total. The van der Waals surface area contributed by atoms with E-state index in [2.05, 4.69) is 10.3 Å². The third kappa shape index (κ3) is 4.14. The Kier molecular flexibility index (Phi) is 5.69. The van der Waals surface area contributed by atoms with Crippen molar-refractivity contribution >= 4 is 11.7 Å². The number of primary amides is 1. The largest absolute Gasteiger partial charge is 0.497 e. The van der Waals surface area contributed by atoms with Crippen LogP contribution in [0.4, 0.5) is 0 Å². The van der Waals surface area contributed by atoms with Crippen molar-refractivity contribution in [2.75, 3.05) is 7.11 Å². The fraction of sp³-hybridized carbons (Fsp3) is 0.625. The molecule has 4 bridgehead atoms. The van der Waals surface area contributed by atoms with Gasteiger partial charge in [-0.15, -0.1) is 0 Å². The molecule has 4 aliphatic rings. The number of hydrogen-bond acceptors (Lipinski definition) is 5. The first-order valence-electron chi connectivity index (χ1n) is 11.1. The molecule has 2 atom stereocenters. The maximum absolute atomic E-state index is 12.2. The van der Waals surface area contributed by atoms with Crippen LogP contribution in [0, 0.1) is 34.6 Å². The fourth-order valence-corrected chi connectivity index (χ4v) is 6.16. The number of ether oxygens (including phenoxy) is 2. The van der Waals surface area contributed by atoms with Crippen LogP contribution in [0.25, 0.3) is 0 Å². The maximum Gasteiger partial charge on any atom is 0.223 e. The third-order valence-electron chi connectivity index (χ3n) is 7.59. The number of carbonyl (C=O) groups is 1. The molecular weight excluding hydrogens is 392 g/mol. The molecule has 2 unspecified atom stereocenters. The summed E-state index contributed by atoms with van der Waals surface area (Å²) in [6.45, 7) is 4.26. The predicted molar refractivity (Wildman–Crippen MR) is 117 cm³/mol. The highest BCUT2D eigenvalue weighted by atomic mass is 16.5. The van der Waals surface area contributed by atoms with Gasteiger partial charge in [0.15, 0.2) is 0 Å². The van der Waals surface area contributed by atoms with Crippen molar-refractivity contribution in [3.05, 3.63) is 29.8 Å². The van der Waals surface area contributed by atoms with Crippen molar-refractivity contribution in [2.24, 2.45) is 33.9 Å². The van der Waals surface area contributed by atoms with Gasteiger partial charge in [-0.25, -0.2) is 0 Å². The molecule has 31 heavy (non-hydrogen) atoms. The second-order valence-corrected chi connectivity index (χ2v) is 9.99. The van der Waals surface area contributed by atoms with Gasteiger partial charge < -0.3 is 20.5 Å². The predicted octanol–water partition coefficient (Wildman–Crippen LogP) is 3.14. The molecule has 0 saturated heterocycles. The zero-order valence-corrected chi connectivity index (χ0v) is 18.6. The van der Waals surface area contributed by atoms with Gasteiger partial charge in [0.2, 0.25) is 12.1 Å². The second kappa shape index (κ2) is 8.16. The molecule has 4 fully saturated rings. The van der Waals surface area contributed by atoms with Gasteiger partial charge in [-0.2, -0.15) is 10.3 Å². The lowest BCUT2D eigenvalue weighted by Gasteiger charge is -2.59. The van der Waals surface area contributed by atoms with Crippen LogP contribution in [0.3, 0.4) is 0 Å². The van der Waals surface area contributed by atoms with Gasteiger partial charge in [0.1, 0.15) is 17.2 Å². The lowest BCUT2D eigenvalue weighted by molar-refractivity contribution is -0.145. The molecule has 4 saturated carbocycles. The number of nitrogens with zero attached hydrogens (tertiary/aromatic N) is 2. The van der Waals surface area contributed by atoms with E-state index >= 15 is 0 Å². The zero-order valence-electron chi connectivity index (χ0n) is 18.6. The minimum atomic E-state index is -0.758. The number of nitriles is 1. The molecule has 0 aromatic heterocycles. The Morgan fingerprint density at radius 1 is 1.26 bits per heavy atom. The number of nitrogens with two attached hydrogens (primary N) is 1. The molecule has 0 aliphatic heterocycles. The van der Waals surface area contributed by atoms with E-state index in [1.807, 2.05) is 44.3 Å². The van der Waals surface area contributed by atoms with Gasteiger partial charge >= 0.3 is 0 Å². The molecule has 4 aliphatic carbocycles. The first kappa shape index (κ1) is 21.6. The van der Waals surface area contributed by atoms with Crippen LogP contribution in [0.15, 0.2) is 29.3 Å². The second-order valence-electron chi connectivity index (χ2n) is 9.99. The lowest BCUT2D eigenvalue weighted by Crippen LogP contribution is -2.63. The average Bonchev–Trinajstić information content (AvgIpc) is 2.74. The first-order valence-corrected chi connectivity index (χ1v) is 11.1. The van der Waals surface area contributed by atoms with Crippen molar-refractivity contribution < 1.29 is 14.3 Å². The van der Waals surface area contributed by atoms with Gasteiger partial charge in [-0.05, 0) is 81.4 Å². The van der Waals surface area contributed by atoms with Crippen molar-refractivity contribution in [2.45, 2.75) is 64.2 Å². The molecule has 0 spiro atoms. The number of carbonyl (C=O) groups excluding carboxylic acids is 1. The van der Waals surface area contributed by atoms with Gasteiger partial charge in [-0.3, -0.25) is 4.79 Å². The van der Waals surface area contributed by atoms with E-state index in [4.69, 9.17) is 15.2 Å². The van der Waals surface area contributed by atoms with Gasteiger partial charge in [0.25, 0.3) is 0 Å². The van der Waals surface area contributed by atoms with E-state index < -0.39 is 5.60 Å². The number of rotatable bonds is 7. The van der Waals surface area contributed by atoms with Crippen LogP contribution in [-0.4, -0.2) is 30.5 Å². The maximum atomic E-state index is 12.2. The summed E-state index contributed by atoms with van der Waals surface area (Å²) in [5.41, 5.74) is 5.74. The van der Waals surface area contributed by atoms with Crippen molar-refractivity contribution in [1.29, 1.82) is 5.26 Å². The van der Waals surface area contributed by atoms with E-state index in [9.17, 15) is 10.1 Å². The van der Waals surface area contributed by atoms with E-state index in [-0.39, 0.29) is 17.4 Å². The Bertz CT molecular complexity index is 886. The van der Waals surface area contributed by atoms with Crippen molar-refractivity contribution in [3.8, 4) is 11.9 Å². The Balaban J connectivity index is 1.46. The number of nitrogens with one attached hydrogen (secondary N) is 1. The van der Waals surface area contributed by atoms with Crippen molar-refractivity contribution in [3.63, 3.8) is 0 Å². The summed E-state index contributed by atoms with van der Waals surface area (Å²) in [4.78, 5) is 16.3. The fourth-order valence-electron chi connectivity index (χ4n) is 6.16. The minimum Gasteiger partial charge on any atom is -0.497 e. The van der Waals surface area contributed by atoms with Crippen LogP contribution in [-0.2, 0) is 16.1 Å². The summed E-state index contributed by atoms with van der Waals surface area (Å²) in [6, 6.07) is 7.92. The standard InChI is InChI=1S/C24H32N4O3/c1-23(2,31-13-15-4-6-19(30-3)7-5-15)22(27-14-25)28-20-17-8-16-9-18(20)12-24(10-16,11-17)21(26)29/h4-7,16-18,20H,8-13H2,1-3H3,(H2,26,29)(H,27,28). The number of benzene rings is 1. The molecule has 166 valence electrons. The molecule has 1 aromatic rings. The van der Waals surface area contributed by atoms with Crippen LogP contribution < -0.4 is 15.8 Å². The Morgan fingerprint density at radius 3 is 2.45 bits per heavy atom. The molecule has 0 radical (unpaired) electrons. The molecular formula is C24H32N4O3. The van der Waals surface area contributed by atoms with Crippen LogP contribution in [0.1, 0.15) is 51.5 Å². The zero-order chi connectivity index (χ0) is 22.2. The third-order valence-corrected chi connectivity index (χ3v) is 7.59. The van der Waals surface area contributed by atoms with Gasteiger partial charge in [-0.1, -0.05) is 12.1 Å². The lowest BCUT2D eigenvalue weighted by atomic mass is 9.47. The number of amides is 1. The monoisotopic (exact) mass is 424 g/mol. The molecule has 5 rings (SSSR count). The summed E-state index contributed by atoms with van der Waals surface area (Å²) in [7, 11) is 1.64. The quantitative estimate of drug-likeness (QED) is 0.397. The molecule has 1 amide bonds. The van der Waals surface area contributed by atoms with Crippen LogP contribution >= 0.6 is 0 Å². The van der Waals surface area contributed by atoms with E-state index in [0.717, 1.165) is 43.4 Å². The van der Waals surface area contributed by atoms with Gasteiger partial charge in [0, 0.05) is 11.5 Å². The number of methoxy groups -OCH3 is 1. The Morgan fingerprint density at radius 2 is 1.90 bits per heavy atom. The SMILES string of the molecule is COc1ccc(COC(C)(C)/C(=N\C#N)NC2C3CC4CC2CC(C(N)=O)(C4)C3)cc1. The minimum absolute atomic E-state index is 0.139. The van der Waals surface area contributed by atoms with E-state index in [1.165, 1.54) is 0 Å². The molecule has 7 heteroatoms. The normalized spacial score (nSPS) is 31.9. The van der Waals surface area contributed by atoms with E-state index in [1.54, 1.807) is 7.11 Å².